The first-order chi connectivity index (χ1) is 9.96. The molecule has 0 aliphatic carbocycles. The van der Waals surface area contributed by atoms with E-state index in [1.807, 2.05) is 22.9 Å². The van der Waals surface area contributed by atoms with Gasteiger partial charge in [0.25, 0.3) is 0 Å². The molecule has 0 amide bonds. The highest BCUT2D eigenvalue weighted by atomic mass is 79.9. The maximum atomic E-state index is 5.97. The third-order valence-corrected chi connectivity index (χ3v) is 3.64. The van der Waals surface area contributed by atoms with Gasteiger partial charge in [-0.1, -0.05) is 12.1 Å². The summed E-state index contributed by atoms with van der Waals surface area (Å²) >= 11 is 3.57. The first-order valence-corrected chi connectivity index (χ1v) is 7.86. The van der Waals surface area contributed by atoms with Crippen molar-refractivity contribution >= 4 is 15.9 Å². The lowest BCUT2D eigenvalue weighted by atomic mass is 10.1. The van der Waals surface area contributed by atoms with E-state index < -0.39 is 0 Å². The molecule has 0 atom stereocenters. The van der Waals surface area contributed by atoms with Crippen molar-refractivity contribution in [2.75, 3.05) is 6.61 Å². The molecule has 0 spiro atoms. The second kappa shape index (κ2) is 7.09. The van der Waals surface area contributed by atoms with Gasteiger partial charge in [-0.3, -0.25) is 0 Å². The van der Waals surface area contributed by atoms with Gasteiger partial charge in [0.2, 0.25) is 0 Å². The molecule has 114 valence electrons. The maximum absolute atomic E-state index is 5.97. The van der Waals surface area contributed by atoms with E-state index in [9.17, 15) is 0 Å². The highest BCUT2D eigenvalue weighted by molar-refractivity contribution is 9.10. The summed E-state index contributed by atoms with van der Waals surface area (Å²) in [5, 5.41) is 3.49. The van der Waals surface area contributed by atoms with Gasteiger partial charge in [-0.25, -0.2) is 4.98 Å². The molecule has 1 N–H and O–H groups in total. The molecule has 2 rings (SSSR count). The summed E-state index contributed by atoms with van der Waals surface area (Å²) < 4.78 is 8.96. The standard InChI is InChI=1S/C16H22BrN3O/c1-16(2,3)19-11-13-5-4-6-14(17)15(13)21-10-9-20-8-7-18-12-20/h4-8,12,19H,9-11H2,1-3H3. The molecule has 5 heteroatoms. The summed E-state index contributed by atoms with van der Waals surface area (Å²) in [6.07, 6.45) is 5.51. The van der Waals surface area contributed by atoms with Crippen LogP contribution in [0.25, 0.3) is 0 Å². The van der Waals surface area contributed by atoms with Gasteiger partial charge >= 0.3 is 0 Å². The van der Waals surface area contributed by atoms with Gasteiger partial charge in [-0.15, -0.1) is 0 Å². The van der Waals surface area contributed by atoms with Crippen LogP contribution in [-0.4, -0.2) is 21.7 Å². The van der Waals surface area contributed by atoms with E-state index >= 15 is 0 Å². The number of halogens is 1. The van der Waals surface area contributed by atoms with Crippen molar-refractivity contribution in [2.24, 2.45) is 0 Å². The molecule has 0 radical (unpaired) electrons. The molecule has 1 aromatic carbocycles. The number of hydrogen-bond donors (Lipinski definition) is 1. The van der Waals surface area contributed by atoms with Crippen LogP contribution in [0.4, 0.5) is 0 Å². The number of nitrogens with zero attached hydrogens (tertiary/aromatic N) is 2. The molecule has 0 fully saturated rings. The molecule has 0 bridgehead atoms. The first-order valence-electron chi connectivity index (χ1n) is 7.07. The number of aromatic nitrogens is 2. The van der Waals surface area contributed by atoms with Crippen molar-refractivity contribution < 1.29 is 4.74 Å². The van der Waals surface area contributed by atoms with E-state index in [1.54, 1.807) is 12.5 Å². The molecule has 4 nitrogen and oxygen atoms in total. The van der Waals surface area contributed by atoms with Crippen molar-refractivity contribution in [2.45, 2.75) is 39.4 Å². The largest absolute Gasteiger partial charge is 0.490 e. The Hall–Kier alpha value is -1.33. The van der Waals surface area contributed by atoms with E-state index in [0.717, 1.165) is 28.9 Å². The van der Waals surface area contributed by atoms with E-state index in [4.69, 9.17) is 4.74 Å². The lowest BCUT2D eigenvalue weighted by molar-refractivity contribution is 0.291. The van der Waals surface area contributed by atoms with Gasteiger partial charge in [0, 0.05) is 30.0 Å². The summed E-state index contributed by atoms with van der Waals surface area (Å²) in [6, 6.07) is 6.13. The van der Waals surface area contributed by atoms with Gasteiger partial charge in [0.1, 0.15) is 12.4 Å². The number of nitrogens with one attached hydrogen (secondary N) is 1. The smallest absolute Gasteiger partial charge is 0.138 e. The van der Waals surface area contributed by atoms with Crippen molar-refractivity contribution in [3.8, 4) is 5.75 Å². The summed E-state index contributed by atoms with van der Waals surface area (Å²) in [5.74, 6) is 0.911. The summed E-state index contributed by atoms with van der Waals surface area (Å²) in [5.41, 5.74) is 1.24. The van der Waals surface area contributed by atoms with Crippen LogP contribution in [-0.2, 0) is 13.1 Å². The van der Waals surface area contributed by atoms with Crippen LogP contribution in [0.15, 0.2) is 41.4 Å². The molecule has 1 aromatic heterocycles. The zero-order valence-corrected chi connectivity index (χ0v) is 14.4. The van der Waals surface area contributed by atoms with Crippen molar-refractivity contribution in [3.05, 3.63) is 47.0 Å². The van der Waals surface area contributed by atoms with Crippen LogP contribution >= 0.6 is 15.9 Å². The quantitative estimate of drug-likeness (QED) is 0.863. The fourth-order valence-electron chi connectivity index (χ4n) is 1.89. The highest BCUT2D eigenvalue weighted by Crippen LogP contribution is 2.29. The topological polar surface area (TPSA) is 39.1 Å². The van der Waals surface area contributed by atoms with E-state index in [0.29, 0.717) is 6.61 Å². The van der Waals surface area contributed by atoms with Gasteiger partial charge in [-0.05, 0) is 42.8 Å². The van der Waals surface area contributed by atoms with Gasteiger partial charge in [-0.2, -0.15) is 0 Å². The number of hydrogen-bond acceptors (Lipinski definition) is 3. The Labute approximate surface area is 134 Å². The predicted octanol–water partition coefficient (Wildman–Crippen LogP) is 3.61. The lowest BCUT2D eigenvalue weighted by Crippen LogP contribution is -2.35. The average molecular weight is 352 g/mol. The van der Waals surface area contributed by atoms with Gasteiger partial charge in [0.15, 0.2) is 0 Å². The lowest BCUT2D eigenvalue weighted by Gasteiger charge is -2.22. The zero-order chi connectivity index (χ0) is 15.3. The molecular weight excluding hydrogens is 330 g/mol. The van der Waals surface area contributed by atoms with E-state index in [1.165, 1.54) is 0 Å². The molecule has 0 aliphatic rings. The minimum absolute atomic E-state index is 0.0798. The second-order valence-electron chi connectivity index (χ2n) is 5.98. The average Bonchev–Trinajstić information content (AvgIpc) is 2.91. The monoisotopic (exact) mass is 351 g/mol. The fraction of sp³-hybridized carbons (Fsp3) is 0.438. The number of benzene rings is 1. The molecule has 1 heterocycles. The molecule has 2 aromatic rings. The van der Waals surface area contributed by atoms with Crippen molar-refractivity contribution in [3.63, 3.8) is 0 Å². The Kier molecular flexibility index (Phi) is 5.42. The minimum Gasteiger partial charge on any atom is -0.490 e. The number of rotatable bonds is 6. The third kappa shape index (κ3) is 5.17. The first kappa shape index (κ1) is 16.0. The Balaban J connectivity index is 1.99. The van der Waals surface area contributed by atoms with E-state index in [-0.39, 0.29) is 5.54 Å². The third-order valence-electron chi connectivity index (χ3n) is 3.01. The van der Waals surface area contributed by atoms with E-state index in [2.05, 4.69) is 53.1 Å². The Morgan fingerprint density at radius 1 is 1.33 bits per heavy atom. The second-order valence-corrected chi connectivity index (χ2v) is 6.83. The normalized spacial score (nSPS) is 11.6. The number of imidazole rings is 1. The number of ether oxygens (including phenoxy) is 1. The Bertz CT molecular complexity index is 561. The highest BCUT2D eigenvalue weighted by Gasteiger charge is 2.12. The van der Waals surface area contributed by atoms with Crippen molar-refractivity contribution in [1.82, 2.24) is 14.9 Å². The molecular formula is C16H22BrN3O. The summed E-state index contributed by atoms with van der Waals surface area (Å²) in [6.45, 7) is 8.65. The molecule has 0 saturated carbocycles. The Morgan fingerprint density at radius 3 is 2.81 bits per heavy atom. The van der Waals surface area contributed by atoms with Crippen LogP contribution in [0.1, 0.15) is 26.3 Å². The molecule has 21 heavy (non-hydrogen) atoms. The minimum atomic E-state index is 0.0798. The van der Waals surface area contributed by atoms with Crippen LogP contribution in [0.3, 0.4) is 0 Å². The van der Waals surface area contributed by atoms with Crippen LogP contribution < -0.4 is 10.1 Å². The summed E-state index contributed by atoms with van der Waals surface area (Å²) in [7, 11) is 0. The van der Waals surface area contributed by atoms with Crippen molar-refractivity contribution in [1.29, 1.82) is 0 Å². The SMILES string of the molecule is CC(C)(C)NCc1cccc(Br)c1OCCn1ccnc1. The maximum Gasteiger partial charge on any atom is 0.138 e. The number of para-hydroxylation sites is 1. The molecule has 0 aliphatic heterocycles. The van der Waals surface area contributed by atoms with Crippen LogP contribution in [0, 0.1) is 0 Å². The molecule has 0 unspecified atom stereocenters. The van der Waals surface area contributed by atoms with Gasteiger partial charge in [0.05, 0.1) is 17.3 Å². The fourth-order valence-corrected chi connectivity index (χ4v) is 2.41. The molecule has 0 saturated heterocycles. The Morgan fingerprint density at radius 2 is 2.14 bits per heavy atom. The zero-order valence-electron chi connectivity index (χ0n) is 12.8. The van der Waals surface area contributed by atoms with Crippen LogP contribution in [0.2, 0.25) is 0 Å². The predicted molar refractivity (Wildman–Crippen MR) is 88.5 cm³/mol. The van der Waals surface area contributed by atoms with Gasteiger partial charge < -0.3 is 14.6 Å². The van der Waals surface area contributed by atoms with Crippen LogP contribution in [0.5, 0.6) is 5.75 Å². The summed E-state index contributed by atoms with van der Waals surface area (Å²) in [4.78, 5) is 4.03.